The summed E-state index contributed by atoms with van der Waals surface area (Å²) in [5, 5.41) is 10.8. The Hall–Kier alpha value is -2.24. The van der Waals surface area contributed by atoms with Crippen LogP contribution in [0, 0.1) is 0 Å². The van der Waals surface area contributed by atoms with Crippen LogP contribution in [0.15, 0.2) is 36.7 Å². The summed E-state index contributed by atoms with van der Waals surface area (Å²) in [6.45, 7) is 1.84. The van der Waals surface area contributed by atoms with Gasteiger partial charge in [0.25, 0.3) is 0 Å². The summed E-state index contributed by atoms with van der Waals surface area (Å²) in [6, 6.07) is 10.5. The van der Waals surface area contributed by atoms with Crippen molar-refractivity contribution in [3.8, 4) is 0 Å². The molecule has 1 saturated heterocycles. The SMILES string of the molecule is O=C(Cn1cnnn1)N1CCC(c2ccccc2)CC1. The quantitative estimate of drug-likeness (QED) is 0.838. The normalized spacial score (nSPS) is 16.3. The lowest BCUT2D eigenvalue weighted by molar-refractivity contribution is -0.133. The van der Waals surface area contributed by atoms with Crippen molar-refractivity contribution in [2.75, 3.05) is 13.1 Å². The van der Waals surface area contributed by atoms with Gasteiger partial charge in [-0.1, -0.05) is 30.3 Å². The summed E-state index contributed by atoms with van der Waals surface area (Å²) in [6.07, 6.45) is 3.51. The molecule has 1 fully saturated rings. The van der Waals surface area contributed by atoms with Gasteiger partial charge >= 0.3 is 0 Å². The van der Waals surface area contributed by atoms with Crippen LogP contribution in [-0.2, 0) is 11.3 Å². The Bertz CT molecular complexity index is 546. The summed E-state index contributed by atoms with van der Waals surface area (Å²) < 4.78 is 1.46. The molecule has 1 aliphatic heterocycles. The molecule has 0 bridgehead atoms. The highest BCUT2D eigenvalue weighted by Gasteiger charge is 2.23. The number of carbonyl (C=O) groups is 1. The van der Waals surface area contributed by atoms with Crippen LogP contribution in [0.4, 0.5) is 0 Å². The predicted molar refractivity (Wildman–Crippen MR) is 72.8 cm³/mol. The molecule has 2 heterocycles. The number of aromatic nitrogens is 4. The fourth-order valence-electron chi connectivity index (χ4n) is 2.68. The first-order valence-electron chi connectivity index (χ1n) is 6.86. The molecule has 3 rings (SSSR count). The Morgan fingerprint density at radius 3 is 2.60 bits per heavy atom. The second kappa shape index (κ2) is 5.81. The van der Waals surface area contributed by atoms with Crippen molar-refractivity contribution in [1.29, 1.82) is 0 Å². The topological polar surface area (TPSA) is 63.9 Å². The molecule has 0 radical (unpaired) electrons. The maximum Gasteiger partial charge on any atom is 0.244 e. The van der Waals surface area contributed by atoms with Crippen LogP contribution in [0.1, 0.15) is 24.3 Å². The van der Waals surface area contributed by atoms with E-state index in [9.17, 15) is 4.79 Å². The molecule has 0 aliphatic carbocycles. The molecule has 0 spiro atoms. The molecule has 1 aromatic carbocycles. The van der Waals surface area contributed by atoms with E-state index in [1.54, 1.807) is 0 Å². The van der Waals surface area contributed by atoms with Crippen molar-refractivity contribution >= 4 is 5.91 Å². The predicted octanol–water partition coefficient (Wildman–Crippen LogP) is 1.08. The average molecular weight is 271 g/mol. The maximum absolute atomic E-state index is 12.1. The largest absolute Gasteiger partial charge is 0.341 e. The van der Waals surface area contributed by atoms with Crippen molar-refractivity contribution in [3.05, 3.63) is 42.2 Å². The van der Waals surface area contributed by atoms with Gasteiger partial charge in [-0.3, -0.25) is 4.79 Å². The van der Waals surface area contributed by atoms with Gasteiger partial charge in [0.05, 0.1) is 0 Å². The van der Waals surface area contributed by atoms with Gasteiger partial charge in [0.2, 0.25) is 5.91 Å². The van der Waals surface area contributed by atoms with Crippen LogP contribution in [0.2, 0.25) is 0 Å². The first kappa shape index (κ1) is 12.8. The fourth-order valence-corrected chi connectivity index (χ4v) is 2.68. The number of tetrazole rings is 1. The number of piperidine rings is 1. The Labute approximate surface area is 117 Å². The van der Waals surface area contributed by atoms with E-state index < -0.39 is 0 Å². The summed E-state index contributed by atoms with van der Waals surface area (Å²) >= 11 is 0. The van der Waals surface area contributed by atoms with Crippen LogP contribution in [0.25, 0.3) is 0 Å². The van der Waals surface area contributed by atoms with E-state index in [2.05, 4.69) is 39.8 Å². The Morgan fingerprint density at radius 1 is 1.20 bits per heavy atom. The minimum absolute atomic E-state index is 0.0869. The Morgan fingerprint density at radius 2 is 1.95 bits per heavy atom. The molecule has 1 aliphatic rings. The molecule has 6 nitrogen and oxygen atoms in total. The lowest BCUT2D eigenvalue weighted by Crippen LogP contribution is -2.39. The number of benzene rings is 1. The Kier molecular flexibility index (Phi) is 3.71. The number of hydrogen-bond acceptors (Lipinski definition) is 4. The van der Waals surface area contributed by atoms with Gasteiger partial charge in [0, 0.05) is 13.1 Å². The van der Waals surface area contributed by atoms with Crippen LogP contribution < -0.4 is 0 Å². The average Bonchev–Trinajstić information content (AvgIpc) is 3.01. The zero-order valence-corrected chi connectivity index (χ0v) is 11.2. The van der Waals surface area contributed by atoms with Crippen LogP contribution in [0.3, 0.4) is 0 Å². The third-order valence-electron chi connectivity index (χ3n) is 3.81. The first-order chi connectivity index (χ1) is 9.83. The van der Waals surface area contributed by atoms with Crippen LogP contribution in [0.5, 0.6) is 0 Å². The lowest BCUT2D eigenvalue weighted by atomic mass is 9.89. The van der Waals surface area contributed by atoms with Crippen LogP contribution in [-0.4, -0.2) is 44.1 Å². The molecule has 0 N–H and O–H groups in total. The van der Waals surface area contributed by atoms with E-state index in [0.717, 1.165) is 25.9 Å². The number of nitrogens with zero attached hydrogens (tertiary/aromatic N) is 5. The summed E-state index contributed by atoms with van der Waals surface area (Å²) in [5.41, 5.74) is 1.38. The third-order valence-corrected chi connectivity index (χ3v) is 3.81. The smallest absolute Gasteiger partial charge is 0.244 e. The molecule has 1 amide bonds. The first-order valence-corrected chi connectivity index (χ1v) is 6.86. The second-order valence-electron chi connectivity index (χ2n) is 5.07. The molecule has 6 heteroatoms. The minimum atomic E-state index is 0.0869. The molecule has 0 saturated carbocycles. The molecular weight excluding hydrogens is 254 g/mol. The van der Waals surface area contributed by atoms with E-state index in [1.165, 1.54) is 16.6 Å². The van der Waals surface area contributed by atoms with Gasteiger partial charge < -0.3 is 4.90 Å². The lowest BCUT2D eigenvalue weighted by Gasteiger charge is -2.32. The Balaban J connectivity index is 1.54. The summed E-state index contributed by atoms with van der Waals surface area (Å²) in [5.74, 6) is 0.650. The van der Waals surface area contributed by atoms with Crippen molar-refractivity contribution in [2.45, 2.75) is 25.3 Å². The van der Waals surface area contributed by atoms with Gasteiger partial charge in [0.1, 0.15) is 12.9 Å². The summed E-state index contributed by atoms with van der Waals surface area (Å²) in [4.78, 5) is 14.0. The van der Waals surface area contributed by atoms with Gasteiger partial charge in [0.15, 0.2) is 0 Å². The molecule has 104 valence electrons. The standard InChI is InChI=1S/C14H17N5O/c20-14(10-19-11-15-16-17-19)18-8-6-13(7-9-18)12-4-2-1-3-5-12/h1-5,11,13H,6-10H2. The molecule has 2 aromatic rings. The van der Waals surface area contributed by atoms with Crippen LogP contribution >= 0.6 is 0 Å². The van der Waals surface area contributed by atoms with Gasteiger partial charge in [-0.25, -0.2) is 4.68 Å². The molecule has 0 unspecified atom stereocenters. The van der Waals surface area contributed by atoms with Gasteiger partial charge in [-0.2, -0.15) is 0 Å². The number of hydrogen-bond donors (Lipinski definition) is 0. The van der Waals surface area contributed by atoms with Gasteiger partial charge in [-0.05, 0) is 34.7 Å². The minimum Gasteiger partial charge on any atom is -0.341 e. The van der Waals surface area contributed by atoms with Crippen molar-refractivity contribution < 1.29 is 4.79 Å². The van der Waals surface area contributed by atoms with Crippen molar-refractivity contribution in [1.82, 2.24) is 25.1 Å². The van der Waals surface area contributed by atoms with Crippen molar-refractivity contribution in [3.63, 3.8) is 0 Å². The number of likely N-dealkylation sites (tertiary alicyclic amines) is 1. The monoisotopic (exact) mass is 271 g/mol. The molecule has 0 atom stereocenters. The van der Waals surface area contributed by atoms with E-state index in [-0.39, 0.29) is 12.5 Å². The second-order valence-corrected chi connectivity index (χ2v) is 5.07. The number of carbonyl (C=O) groups excluding carboxylic acids is 1. The molecular formula is C14H17N5O. The molecule has 20 heavy (non-hydrogen) atoms. The van der Waals surface area contributed by atoms with E-state index in [1.807, 2.05) is 11.0 Å². The van der Waals surface area contributed by atoms with Crippen molar-refractivity contribution in [2.24, 2.45) is 0 Å². The van der Waals surface area contributed by atoms with E-state index in [4.69, 9.17) is 0 Å². The number of rotatable bonds is 3. The number of amides is 1. The molecule has 1 aromatic heterocycles. The van der Waals surface area contributed by atoms with E-state index in [0.29, 0.717) is 5.92 Å². The third kappa shape index (κ3) is 2.84. The summed E-state index contributed by atoms with van der Waals surface area (Å²) in [7, 11) is 0. The highest BCUT2D eigenvalue weighted by molar-refractivity contribution is 5.75. The van der Waals surface area contributed by atoms with E-state index >= 15 is 0 Å². The highest BCUT2D eigenvalue weighted by atomic mass is 16.2. The highest BCUT2D eigenvalue weighted by Crippen LogP contribution is 2.27. The van der Waals surface area contributed by atoms with Gasteiger partial charge in [-0.15, -0.1) is 5.10 Å². The maximum atomic E-state index is 12.1. The zero-order chi connectivity index (χ0) is 13.8. The zero-order valence-electron chi connectivity index (χ0n) is 11.2. The fraction of sp³-hybridized carbons (Fsp3) is 0.429.